The van der Waals surface area contributed by atoms with E-state index in [9.17, 15) is 4.79 Å². The highest BCUT2D eigenvalue weighted by molar-refractivity contribution is 6.12. The van der Waals surface area contributed by atoms with Crippen LogP contribution in [0, 0.1) is 0 Å². The van der Waals surface area contributed by atoms with Crippen molar-refractivity contribution in [2.45, 2.75) is 13.8 Å². The lowest BCUT2D eigenvalue weighted by Gasteiger charge is -2.02. The van der Waals surface area contributed by atoms with Gasteiger partial charge in [-0.1, -0.05) is 60.7 Å². The summed E-state index contributed by atoms with van der Waals surface area (Å²) < 4.78 is 0. The Bertz CT molecular complexity index is 576. The lowest BCUT2D eigenvalue weighted by molar-refractivity contribution is -0.112. The first-order valence-electron chi connectivity index (χ1n) is 6.68. The zero-order chi connectivity index (χ0) is 14.4. The number of carbonyl (C=O) groups is 1. The summed E-state index contributed by atoms with van der Waals surface area (Å²) in [7, 11) is 0. The lowest BCUT2D eigenvalue weighted by Crippen LogP contribution is -2.00. The Morgan fingerprint density at radius 1 is 0.700 bits per heavy atom. The van der Waals surface area contributed by atoms with E-state index in [-0.39, 0.29) is 5.78 Å². The Kier molecular flexibility index (Phi) is 4.67. The van der Waals surface area contributed by atoms with Gasteiger partial charge < -0.3 is 0 Å². The van der Waals surface area contributed by atoms with E-state index in [4.69, 9.17) is 0 Å². The molecule has 0 saturated heterocycles. The van der Waals surface area contributed by atoms with Gasteiger partial charge in [0.2, 0.25) is 0 Å². The van der Waals surface area contributed by atoms with Crippen molar-refractivity contribution in [1.82, 2.24) is 0 Å². The molecule has 0 heterocycles. The van der Waals surface area contributed by atoms with Gasteiger partial charge in [-0.05, 0) is 48.3 Å². The SMILES string of the molecule is CC(=Cc1ccccc1)C(=O)C(C)=Cc1ccccc1. The van der Waals surface area contributed by atoms with Crippen LogP contribution >= 0.6 is 0 Å². The topological polar surface area (TPSA) is 17.1 Å². The first-order chi connectivity index (χ1) is 9.66. The number of hydrogen-bond donors (Lipinski definition) is 0. The summed E-state index contributed by atoms with van der Waals surface area (Å²) in [4.78, 5) is 12.3. The van der Waals surface area contributed by atoms with Crippen LogP contribution < -0.4 is 0 Å². The molecule has 0 atom stereocenters. The van der Waals surface area contributed by atoms with Crippen molar-refractivity contribution in [2.75, 3.05) is 0 Å². The number of ketones is 1. The van der Waals surface area contributed by atoms with E-state index in [1.165, 1.54) is 0 Å². The van der Waals surface area contributed by atoms with Crippen molar-refractivity contribution >= 4 is 17.9 Å². The van der Waals surface area contributed by atoms with Crippen LogP contribution in [0.4, 0.5) is 0 Å². The van der Waals surface area contributed by atoms with E-state index in [0.717, 1.165) is 22.3 Å². The molecule has 0 aromatic heterocycles. The maximum Gasteiger partial charge on any atom is 0.184 e. The molecule has 0 aliphatic heterocycles. The maximum atomic E-state index is 12.3. The minimum absolute atomic E-state index is 0.0812. The van der Waals surface area contributed by atoms with Gasteiger partial charge in [0, 0.05) is 0 Å². The molecule has 0 aliphatic carbocycles. The van der Waals surface area contributed by atoms with Gasteiger partial charge in [0.05, 0.1) is 0 Å². The second-order valence-corrected chi connectivity index (χ2v) is 4.81. The highest BCUT2D eigenvalue weighted by atomic mass is 16.1. The first-order valence-corrected chi connectivity index (χ1v) is 6.68. The van der Waals surface area contributed by atoms with Gasteiger partial charge in [-0.25, -0.2) is 0 Å². The number of Topliss-reactive ketones (excluding diaryl/α,β-unsaturated/α-hetero) is 1. The van der Waals surface area contributed by atoms with Crippen molar-refractivity contribution in [3.05, 3.63) is 82.9 Å². The third-order valence-corrected chi connectivity index (χ3v) is 3.08. The summed E-state index contributed by atoms with van der Waals surface area (Å²) in [5.74, 6) is 0.0812. The Morgan fingerprint density at radius 3 is 1.40 bits per heavy atom. The fourth-order valence-corrected chi connectivity index (χ4v) is 2.04. The third kappa shape index (κ3) is 3.79. The average Bonchev–Trinajstić information content (AvgIpc) is 2.48. The highest BCUT2D eigenvalue weighted by Crippen LogP contribution is 2.13. The molecule has 2 aromatic rings. The molecule has 2 rings (SSSR count). The van der Waals surface area contributed by atoms with Gasteiger partial charge in [0.1, 0.15) is 0 Å². The highest BCUT2D eigenvalue weighted by Gasteiger charge is 2.07. The fourth-order valence-electron chi connectivity index (χ4n) is 2.04. The minimum Gasteiger partial charge on any atom is -0.289 e. The summed E-state index contributed by atoms with van der Waals surface area (Å²) >= 11 is 0. The molecule has 0 spiro atoms. The second-order valence-electron chi connectivity index (χ2n) is 4.81. The van der Waals surface area contributed by atoms with Crippen LogP contribution in [0.5, 0.6) is 0 Å². The van der Waals surface area contributed by atoms with Crippen LogP contribution in [0.25, 0.3) is 12.2 Å². The third-order valence-electron chi connectivity index (χ3n) is 3.08. The van der Waals surface area contributed by atoms with E-state index in [2.05, 4.69) is 0 Å². The molecule has 0 bridgehead atoms. The molecule has 100 valence electrons. The van der Waals surface area contributed by atoms with Gasteiger partial charge in [-0.15, -0.1) is 0 Å². The Morgan fingerprint density at radius 2 is 1.05 bits per heavy atom. The molecule has 0 radical (unpaired) electrons. The van der Waals surface area contributed by atoms with E-state index >= 15 is 0 Å². The van der Waals surface area contributed by atoms with Crippen molar-refractivity contribution in [2.24, 2.45) is 0 Å². The standard InChI is InChI=1S/C19H18O/c1-15(13-17-9-5-3-6-10-17)19(20)16(2)14-18-11-7-4-8-12-18/h3-14H,1-2H3. The number of rotatable bonds is 4. The van der Waals surface area contributed by atoms with Crippen molar-refractivity contribution in [3.8, 4) is 0 Å². The van der Waals surface area contributed by atoms with Crippen LogP contribution in [-0.2, 0) is 4.79 Å². The molecule has 20 heavy (non-hydrogen) atoms. The fraction of sp³-hybridized carbons (Fsp3) is 0.105. The molecular weight excluding hydrogens is 244 g/mol. The average molecular weight is 262 g/mol. The number of carbonyl (C=O) groups excluding carboxylic acids is 1. The van der Waals surface area contributed by atoms with E-state index in [1.54, 1.807) is 0 Å². The van der Waals surface area contributed by atoms with Crippen LogP contribution in [0.1, 0.15) is 25.0 Å². The second kappa shape index (κ2) is 6.67. The molecule has 0 amide bonds. The lowest BCUT2D eigenvalue weighted by atomic mass is 10.0. The van der Waals surface area contributed by atoms with Gasteiger partial charge in [0.25, 0.3) is 0 Å². The van der Waals surface area contributed by atoms with Crippen LogP contribution in [-0.4, -0.2) is 5.78 Å². The van der Waals surface area contributed by atoms with E-state index < -0.39 is 0 Å². The smallest absolute Gasteiger partial charge is 0.184 e. The number of hydrogen-bond acceptors (Lipinski definition) is 1. The summed E-state index contributed by atoms with van der Waals surface area (Å²) in [5.41, 5.74) is 3.60. The van der Waals surface area contributed by atoms with Crippen molar-refractivity contribution < 1.29 is 4.79 Å². The molecule has 1 heteroatoms. The monoisotopic (exact) mass is 262 g/mol. The van der Waals surface area contributed by atoms with Gasteiger partial charge in [0.15, 0.2) is 5.78 Å². The molecular formula is C19H18O. The summed E-state index contributed by atoms with van der Waals surface area (Å²) in [6.45, 7) is 3.72. The Balaban J connectivity index is 2.19. The molecule has 1 nitrogen and oxygen atoms in total. The molecule has 0 aliphatic rings. The number of allylic oxidation sites excluding steroid dienone is 2. The van der Waals surface area contributed by atoms with E-state index in [0.29, 0.717) is 0 Å². The van der Waals surface area contributed by atoms with Gasteiger partial charge in [-0.3, -0.25) is 4.79 Å². The summed E-state index contributed by atoms with van der Waals surface area (Å²) in [6, 6.07) is 19.8. The van der Waals surface area contributed by atoms with Crippen molar-refractivity contribution in [1.29, 1.82) is 0 Å². The molecule has 2 aromatic carbocycles. The molecule has 0 saturated carbocycles. The van der Waals surface area contributed by atoms with Gasteiger partial charge in [-0.2, -0.15) is 0 Å². The quantitative estimate of drug-likeness (QED) is 0.726. The maximum absolute atomic E-state index is 12.3. The van der Waals surface area contributed by atoms with Crippen molar-refractivity contribution in [3.63, 3.8) is 0 Å². The Hall–Kier alpha value is -2.41. The number of benzene rings is 2. The van der Waals surface area contributed by atoms with Crippen LogP contribution in [0.15, 0.2) is 71.8 Å². The largest absolute Gasteiger partial charge is 0.289 e. The normalized spacial score (nSPS) is 12.3. The minimum atomic E-state index is 0.0812. The summed E-state index contributed by atoms with van der Waals surface area (Å²) in [6.07, 6.45) is 3.84. The zero-order valence-electron chi connectivity index (χ0n) is 11.8. The first kappa shape index (κ1) is 14.0. The predicted molar refractivity (Wildman–Crippen MR) is 85.2 cm³/mol. The van der Waals surface area contributed by atoms with Crippen LogP contribution in [0.3, 0.4) is 0 Å². The Labute approximate surface area is 120 Å². The van der Waals surface area contributed by atoms with Crippen LogP contribution in [0.2, 0.25) is 0 Å². The van der Waals surface area contributed by atoms with Gasteiger partial charge >= 0.3 is 0 Å². The summed E-state index contributed by atoms with van der Waals surface area (Å²) in [5, 5.41) is 0. The zero-order valence-corrected chi connectivity index (χ0v) is 11.8. The molecule has 0 N–H and O–H groups in total. The molecule has 0 fully saturated rings. The molecule has 0 unspecified atom stereocenters. The van der Waals surface area contributed by atoms with E-state index in [1.807, 2.05) is 86.7 Å². The predicted octanol–water partition coefficient (Wildman–Crippen LogP) is 4.76.